The largest absolute Gasteiger partial charge is 0.494 e. The monoisotopic (exact) mass is 465 g/mol. The molecule has 0 unspecified atom stereocenters. The lowest BCUT2D eigenvalue weighted by molar-refractivity contribution is -0.120. The van der Waals surface area contributed by atoms with E-state index < -0.39 is 11.8 Å². The Labute approximate surface area is 205 Å². The van der Waals surface area contributed by atoms with Crippen LogP contribution >= 0.6 is 0 Å². The number of carbonyl (C=O) groups excluding carboxylic acids is 2. The van der Waals surface area contributed by atoms with Gasteiger partial charge >= 0.3 is 0 Å². The molecule has 0 saturated heterocycles. The van der Waals surface area contributed by atoms with E-state index in [0.717, 1.165) is 11.3 Å². The molecule has 1 heterocycles. The van der Waals surface area contributed by atoms with Crippen molar-refractivity contribution in [2.75, 3.05) is 16.8 Å². The Balaban J connectivity index is 1.73. The highest BCUT2D eigenvalue weighted by Gasteiger charge is 2.40. The van der Waals surface area contributed by atoms with Crippen molar-refractivity contribution in [1.82, 2.24) is 0 Å². The summed E-state index contributed by atoms with van der Waals surface area (Å²) in [6, 6.07) is 23.4. The number of rotatable bonds is 8. The molecule has 0 saturated carbocycles. The summed E-state index contributed by atoms with van der Waals surface area (Å²) >= 11 is 0. The smallest absolute Gasteiger partial charge is 0.282 e. The van der Waals surface area contributed by atoms with Crippen LogP contribution in [0, 0.1) is 11.3 Å². The molecule has 0 bridgehead atoms. The van der Waals surface area contributed by atoms with Crippen molar-refractivity contribution in [3.63, 3.8) is 0 Å². The summed E-state index contributed by atoms with van der Waals surface area (Å²) in [6.45, 7) is 6.87. The van der Waals surface area contributed by atoms with Crippen molar-refractivity contribution in [2.24, 2.45) is 0 Å². The minimum absolute atomic E-state index is 0.207. The lowest BCUT2D eigenvalue weighted by atomic mass is 10.0. The number of nitrogens with zero attached hydrogens (tertiary/aromatic N) is 2. The summed E-state index contributed by atoms with van der Waals surface area (Å²) in [4.78, 5) is 28.3. The second-order valence-electron chi connectivity index (χ2n) is 8.63. The molecule has 0 radical (unpaired) electrons. The van der Waals surface area contributed by atoms with E-state index in [1.165, 1.54) is 5.56 Å². The summed E-state index contributed by atoms with van der Waals surface area (Å²) < 4.78 is 5.67. The zero-order valence-electron chi connectivity index (χ0n) is 20.0. The van der Waals surface area contributed by atoms with Gasteiger partial charge in [0.2, 0.25) is 0 Å². The number of hydrogen-bond donors (Lipinski definition) is 1. The fraction of sp³-hybridized carbons (Fsp3) is 0.207. The Morgan fingerprint density at radius 2 is 1.57 bits per heavy atom. The van der Waals surface area contributed by atoms with Gasteiger partial charge in [0.15, 0.2) is 0 Å². The first kappa shape index (κ1) is 23.8. The van der Waals surface area contributed by atoms with Gasteiger partial charge in [-0.1, -0.05) is 45.0 Å². The first-order valence-corrected chi connectivity index (χ1v) is 11.7. The normalized spacial score (nSPS) is 13.4. The zero-order valence-corrected chi connectivity index (χ0v) is 20.0. The molecule has 6 heteroatoms. The highest BCUT2D eigenvalue weighted by Crippen LogP contribution is 2.34. The summed E-state index contributed by atoms with van der Waals surface area (Å²) in [5, 5.41) is 12.3. The van der Waals surface area contributed by atoms with E-state index in [9.17, 15) is 9.59 Å². The molecule has 3 aromatic rings. The third kappa shape index (κ3) is 4.95. The minimum atomic E-state index is -0.450. The summed E-state index contributed by atoms with van der Waals surface area (Å²) in [7, 11) is 0. The number of amides is 2. The van der Waals surface area contributed by atoms with Gasteiger partial charge < -0.3 is 10.1 Å². The molecular formula is C29H27N3O3. The molecule has 1 N–H and O–H groups in total. The van der Waals surface area contributed by atoms with Gasteiger partial charge in [-0.15, -0.1) is 0 Å². The molecule has 1 aliphatic heterocycles. The first-order valence-electron chi connectivity index (χ1n) is 11.7. The van der Waals surface area contributed by atoms with Crippen LogP contribution < -0.4 is 15.0 Å². The van der Waals surface area contributed by atoms with Gasteiger partial charge in [-0.3, -0.25) is 9.59 Å². The number of benzene rings is 3. The molecule has 2 amide bonds. The number of ether oxygens (including phenoxy) is 1. The maximum atomic E-state index is 13.6. The third-order valence-corrected chi connectivity index (χ3v) is 5.80. The molecule has 0 aliphatic carbocycles. The quantitative estimate of drug-likeness (QED) is 0.421. The highest BCUT2D eigenvalue weighted by molar-refractivity contribution is 6.46. The fourth-order valence-electron chi connectivity index (χ4n) is 3.87. The van der Waals surface area contributed by atoms with Crippen LogP contribution in [0.15, 0.2) is 78.5 Å². The molecule has 0 fully saturated rings. The van der Waals surface area contributed by atoms with E-state index in [1.807, 2.05) is 31.2 Å². The summed E-state index contributed by atoms with van der Waals surface area (Å²) in [5.74, 6) is 0.210. The standard InChI is InChI=1S/C29H27N3O3/c1-4-17-35-25-15-9-22(10-16-25)26-27(31-23-11-7-21(8-12-23)19(2)3)29(34)32(28(26)33)24-13-5-20(18-30)6-14-24/h5-16,19,31H,4,17H2,1-3H3. The first-order chi connectivity index (χ1) is 16.9. The Hall–Kier alpha value is -4.37. The maximum Gasteiger partial charge on any atom is 0.282 e. The van der Waals surface area contributed by atoms with Crippen molar-refractivity contribution in [3.05, 3.63) is 95.2 Å². The lowest BCUT2D eigenvalue weighted by Crippen LogP contribution is -2.32. The van der Waals surface area contributed by atoms with Crippen LogP contribution in [-0.2, 0) is 9.59 Å². The van der Waals surface area contributed by atoms with Gasteiger partial charge in [-0.05, 0) is 72.0 Å². The third-order valence-electron chi connectivity index (χ3n) is 5.80. The van der Waals surface area contributed by atoms with E-state index in [0.29, 0.717) is 40.8 Å². The van der Waals surface area contributed by atoms with Crippen LogP contribution in [0.25, 0.3) is 5.57 Å². The average molecular weight is 466 g/mol. The predicted molar refractivity (Wildman–Crippen MR) is 137 cm³/mol. The Kier molecular flexibility index (Phi) is 6.98. The van der Waals surface area contributed by atoms with Gasteiger partial charge in [0.25, 0.3) is 11.8 Å². The fourth-order valence-corrected chi connectivity index (χ4v) is 3.87. The average Bonchev–Trinajstić information content (AvgIpc) is 3.12. The van der Waals surface area contributed by atoms with Crippen LogP contribution in [0.3, 0.4) is 0 Å². The van der Waals surface area contributed by atoms with Crippen LogP contribution in [0.4, 0.5) is 11.4 Å². The van der Waals surface area contributed by atoms with Crippen molar-refractivity contribution in [3.8, 4) is 11.8 Å². The number of hydrogen-bond acceptors (Lipinski definition) is 5. The molecule has 176 valence electrons. The van der Waals surface area contributed by atoms with Crippen LogP contribution in [0.1, 0.15) is 49.8 Å². The molecule has 35 heavy (non-hydrogen) atoms. The number of imide groups is 1. The van der Waals surface area contributed by atoms with E-state index in [1.54, 1.807) is 48.5 Å². The van der Waals surface area contributed by atoms with Gasteiger partial charge in [0, 0.05) is 5.69 Å². The summed E-state index contributed by atoms with van der Waals surface area (Å²) in [6.07, 6.45) is 0.892. The molecule has 0 aromatic heterocycles. The maximum absolute atomic E-state index is 13.6. The predicted octanol–water partition coefficient (Wildman–Crippen LogP) is 5.87. The van der Waals surface area contributed by atoms with Gasteiger partial charge in [-0.25, -0.2) is 4.90 Å². The molecule has 3 aromatic carbocycles. The van der Waals surface area contributed by atoms with Gasteiger partial charge in [0.05, 0.1) is 29.5 Å². The molecule has 4 rings (SSSR count). The number of nitriles is 1. The topological polar surface area (TPSA) is 82.4 Å². The van der Waals surface area contributed by atoms with Crippen LogP contribution in [0.2, 0.25) is 0 Å². The van der Waals surface area contributed by atoms with Crippen molar-refractivity contribution in [1.29, 1.82) is 5.26 Å². The van der Waals surface area contributed by atoms with Crippen LogP contribution in [-0.4, -0.2) is 18.4 Å². The van der Waals surface area contributed by atoms with E-state index in [4.69, 9.17) is 10.00 Å². The highest BCUT2D eigenvalue weighted by atomic mass is 16.5. The number of anilines is 2. The van der Waals surface area contributed by atoms with Crippen molar-refractivity contribution >= 4 is 28.8 Å². The van der Waals surface area contributed by atoms with E-state index >= 15 is 0 Å². The molecule has 0 atom stereocenters. The second kappa shape index (κ2) is 10.3. The summed E-state index contributed by atoms with van der Waals surface area (Å²) in [5.41, 5.74) is 3.87. The lowest BCUT2D eigenvalue weighted by Gasteiger charge is -2.15. The Morgan fingerprint density at radius 1 is 0.914 bits per heavy atom. The minimum Gasteiger partial charge on any atom is -0.494 e. The molecule has 6 nitrogen and oxygen atoms in total. The SMILES string of the molecule is CCCOc1ccc(C2=C(Nc3ccc(C(C)C)cc3)C(=O)N(c3ccc(C#N)cc3)C2=O)cc1. The van der Waals surface area contributed by atoms with Crippen molar-refractivity contribution < 1.29 is 14.3 Å². The second-order valence-corrected chi connectivity index (χ2v) is 8.63. The molecule has 1 aliphatic rings. The number of nitrogens with one attached hydrogen (secondary N) is 1. The Morgan fingerprint density at radius 3 is 2.14 bits per heavy atom. The van der Waals surface area contributed by atoms with Gasteiger partial charge in [-0.2, -0.15) is 5.26 Å². The van der Waals surface area contributed by atoms with Crippen molar-refractivity contribution in [2.45, 2.75) is 33.1 Å². The molecule has 0 spiro atoms. The number of carbonyl (C=O) groups is 2. The van der Waals surface area contributed by atoms with E-state index in [2.05, 4.69) is 25.2 Å². The Bertz CT molecular complexity index is 1300. The van der Waals surface area contributed by atoms with E-state index in [-0.39, 0.29) is 11.3 Å². The van der Waals surface area contributed by atoms with Gasteiger partial charge in [0.1, 0.15) is 11.4 Å². The van der Waals surface area contributed by atoms with Crippen LogP contribution in [0.5, 0.6) is 5.75 Å². The zero-order chi connectivity index (χ0) is 24.9. The molecular weight excluding hydrogens is 438 g/mol.